The van der Waals surface area contributed by atoms with E-state index in [0.29, 0.717) is 30.7 Å². The van der Waals surface area contributed by atoms with Gasteiger partial charge < -0.3 is 9.80 Å². The van der Waals surface area contributed by atoms with Crippen LogP contribution < -0.4 is 4.90 Å². The lowest BCUT2D eigenvalue weighted by Crippen LogP contribution is -2.42. The van der Waals surface area contributed by atoms with Crippen LogP contribution in [0.1, 0.15) is 44.1 Å². The lowest BCUT2D eigenvalue weighted by atomic mass is 9.82. The molecule has 3 heterocycles. The average Bonchev–Trinajstić information content (AvgIpc) is 3.11. The van der Waals surface area contributed by atoms with Crippen molar-refractivity contribution < 1.29 is 18.0 Å². The highest BCUT2D eigenvalue weighted by molar-refractivity contribution is 5.79. The number of pyridine rings is 1. The summed E-state index contributed by atoms with van der Waals surface area (Å²) < 4.78 is 38.0. The number of fused-ring (bicyclic) bond motifs is 1. The van der Waals surface area contributed by atoms with Crippen molar-refractivity contribution in [1.82, 2.24) is 9.88 Å². The quantitative estimate of drug-likeness (QED) is 0.778. The number of likely N-dealkylation sites (tertiary alicyclic amines) is 1. The van der Waals surface area contributed by atoms with Gasteiger partial charge in [0.25, 0.3) is 0 Å². The first-order valence-electron chi connectivity index (χ1n) is 9.99. The summed E-state index contributed by atoms with van der Waals surface area (Å²) in [7, 11) is 0. The van der Waals surface area contributed by atoms with Gasteiger partial charge in [-0.1, -0.05) is 12.8 Å². The number of carbonyl (C=O) groups excluding carboxylic acids is 1. The molecule has 1 aromatic rings. The number of rotatable bonds is 2. The van der Waals surface area contributed by atoms with E-state index in [1.807, 2.05) is 4.90 Å². The second-order valence-electron chi connectivity index (χ2n) is 8.21. The Labute approximate surface area is 157 Å². The molecule has 0 spiro atoms. The van der Waals surface area contributed by atoms with E-state index in [1.165, 1.54) is 31.7 Å². The molecule has 2 saturated heterocycles. The number of anilines is 1. The van der Waals surface area contributed by atoms with Crippen LogP contribution in [0.3, 0.4) is 0 Å². The first kappa shape index (κ1) is 18.6. The molecular formula is C20H26F3N3O. The summed E-state index contributed by atoms with van der Waals surface area (Å²) in [5.74, 6) is 2.26. The lowest BCUT2D eigenvalue weighted by Gasteiger charge is -2.34. The van der Waals surface area contributed by atoms with Gasteiger partial charge in [0.15, 0.2) is 0 Å². The maximum Gasteiger partial charge on any atom is 0.417 e. The highest BCUT2D eigenvalue weighted by atomic mass is 19.4. The molecule has 3 aliphatic rings. The fourth-order valence-corrected chi connectivity index (χ4v) is 4.94. The van der Waals surface area contributed by atoms with E-state index in [-0.39, 0.29) is 11.8 Å². The summed E-state index contributed by atoms with van der Waals surface area (Å²) in [5.41, 5.74) is -0.730. The molecule has 7 heteroatoms. The molecule has 0 N–H and O–H groups in total. The van der Waals surface area contributed by atoms with Crippen LogP contribution in [0.2, 0.25) is 0 Å². The summed E-state index contributed by atoms with van der Waals surface area (Å²) in [4.78, 5) is 20.9. The van der Waals surface area contributed by atoms with Gasteiger partial charge in [0.1, 0.15) is 5.82 Å². The van der Waals surface area contributed by atoms with E-state index >= 15 is 0 Å². The third-order valence-corrected chi connectivity index (χ3v) is 6.53. The van der Waals surface area contributed by atoms with Gasteiger partial charge in [-0.2, -0.15) is 13.2 Å². The molecule has 0 aromatic carbocycles. The number of piperidine rings is 1. The Kier molecular flexibility index (Phi) is 5.03. The van der Waals surface area contributed by atoms with Crippen LogP contribution >= 0.6 is 0 Å². The van der Waals surface area contributed by atoms with Crippen molar-refractivity contribution >= 4 is 11.7 Å². The summed E-state index contributed by atoms with van der Waals surface area (Å²) in [6, 6.07) is 2.50. The minimum Gasteiger partial charge on any atom is -0.357 e. The summed E-state index contributed by atoms with van der Waals surface area (Å²) in [6.07, 6.45) is 3.11. The van der Waals surface area contributed by atoms with Gasteiger partial charge in [-0.15, -0.1) is 0 Å². The number of hydrogen-bond donors (Lipinski definition) is 0. The Balaban J connectivity index is 1.31. The fraction of sp³-hybridized carbons (Fsp3) is 0.700. The Morgan fingerprint density at radius 1 is 1.00 bits per heavy atom. The molecule has 1 amide bonds. The van der Waals surface area contributed by atoms with Gasteiger partial charge in [-0.3, -0.25) is 4.79 Å². The third-order valence-electron chi connectivity index (χ3n) is 6.53. The molecule has 1 aromatic heterocycles. The molecule has 0 radical (unpaired) electrons. The molecule has 2 unspecified atom stereocenters. The van der Waals surface area contributed by atoms with Crippen LogP contribution in [-0.2, 0) is 11.0 Å². The third kappa shape index (κ3) is 3.92. The van der Waals surface area contributed by atoms with Crippen molar-refractivity contribution in [3.63, 3.8) is 0 Å². The normalized spacial score (nSPS) is 26.9. The van der Waals surface area contributed by atoms with E-state index in [0.717, 1.165) is 38.2 Å². The average molecular weight is 381 g/mol. The molecule has 148 valence electrons. The molecular weight excluding hydrogens is 355 g/mol. The number of hydrogen-bond acceptors (Lipinski definition) is 3. The van der Waals surface area contributed by atoms with Crippen molar-refractivity contribution in [2.45, 2.75) is 44.7 Å². The number of carbonyl (C=O) groups is 1. The first-order valence-corrected chi connectivity index (χ1v) is 9.99. The molecule has 4 nitrogen and oxygen atoms in total. The van der Waals surface area contributed by atoms with Crippen molar-refractivity contribution in [2.75, 3.05) is 31.1 Å². The topological polar surface area (TPSA) is 36.4 Å². The molecule has 2 aliphatic heterocycles. The monoisotopic (exact) mass is 381 g/mol. The molecule has 3 fully saturated rings. The Hall–Kier alpha value is -1.79. The first-order chi connectivity index (χ1) is 12.9. The number of aromatic nitrogens is 1. The number of amides is 1. The fourth-order valence-electron chi connectivity index (χ4n) is 4.94. The molecule has 1 aliphatic carbocycles. The van der Waals surface area contributed by atoms with Crippen LogP contribution in [0.15, 0.2) is 18.3 Å². The van der Waals surface area contributed by atoms with Crippen LogP contribution in [0.5, 0.6) is 0 Å². The summed E-state index contributed by atoms with van der Waals surface area (Å²) in [5, 5.41) is 0. The van der Waals surface area contributed by atoms with E-state index in [9.17, 15) is 18.0 Å². The second kappa shape index (κ2) is 7.32. The standard InChI is InChI=1S/C20H26F3N3O/c21-20(22,23)17-5-6-18(24-11-17)25-9-7-14(8-10-25)19(27)26-12-15-3-1-2-4-16(15)13-26/h5-6,11,14-16H,1-4,7-10,12-13H2. The van der Waals surface area contributed by atoms with Crippen LogP contribution in [0.25, 0.3) is 0 Å². The highest BCUT2D eigenvalue weighted by Crippen LogP contribution is 2.37. The molecule has 27 heavy (non-hydrogen) atoms. The van der Waals surface area contributed by atoms with Gasteiger partial charge in [0, 0.05) is 38.3 Å². The Morgan fingerprint density at radius 2 is 1.63 bits per heavy atom. The van der Waals surface area contributed by atoms with Gasteiger partial charge in [0.05, 0.1) is 5.56 Å². The van der Waals surface area contributed by atoms with E-state index in [2.05, 4.69) is 9.88 Å². The largest absolute Gasteiger partial charge is 0.417 e. The van der Waals surface area contributed by atoms with Crippen molar-refractivity contribution in [3.8, 4) is 0 Å². The van der Waals surface area contributed by atoms with Crippen LogP contribution in [0, 0.1) is 17.8 Å². The zero-order chi connectivity index (χ0) is 19.0. The van der Waals surface area contributed by atoms with Crippen LogP contribution in [-0.4, -0.2) is 42.0 Å². The predicted molar refractivity (Wildman–Crippen MR) is 96.2 cm³/mol. The zero-order valence-electron chi connectivity index (χ0n) is 15.4. The van der Waals surface area contributed by atoms with Crippen molar-refractivity contribution in [2.24, 2.45) is 17.8 Å². The maximum atomic E-state index is 12.9. The van der Waals surface area contributed by atoms with Gasteiger partial charge in [-0.25, -0.2) is 4.98 Å². The van der Waals surface area contributed by atoms with Crippen molar-refractivity contribution in [1.29, 1.82) is 0 Å². The molecule has 0 bridgehead atoms. The van der Waals surface area contributed by atoms with Gasteiger partial charge in [0.2, 0.25) is 5.91 Å². The zero-order valence-corrected chi connectivity index (χ0v) is 15.4. The summed E-state index contributed by atoms with van der Waals surface area (Å²) >= 11 is 0. The predicted octanol–water partition coefficient (Wildman–Crippen LogP) is 3.97. The second-order valence-corrected chi connectivity index (χ2v) is 8.21. The van der Waals surface area contributed by atoms with Crippen LogP contribution in [0.4, 0.5) is 19.0 Å². The van der Waals surface area contributed by atoms with Gasteiger partial charge >= 0.3 is 6.18 Å². The highest BCUT2D eigenvalue weighted by Gasteiger charge is 2.39. The Bertz CT molecular complexity index is 654. The van der Waals surface area contributed by atoms with E-state index < -0.39 is 11.7 Å². The van der Waals surface area contributed by atoms with Gasteiger partial charge in [-0.05, 0) is 49.7 Å². The number of nitrogens with zero attached hydrogens (tertiary/aromatic N) is 3. The SMILES string of the molecule is O=C(C1CCN(c2ccc(C(F)(F)F)cn2)CC1)N1CC2CCCCC2C1. The molecule has 4 rings (SSSR count). The Morgan fingerprint density at radius 3 is 2.15 bits per heavy atom. The molecule has 2 atom stereocenters. The maximum absolute atomic E-state index is 12.9. The number of halogens is 3. The number of alkyl halides is 3. The van der Waals surface area contributed by atoms with Crippen molar-refractivity contribution in [3.05, 3.63) is 23.9 Å². The van der Waals surface area contributed by atoms with E-state index in [4.69, 9.17) is 0 Å². The minimum atomic E-state index is -4.36. The van der Waals surface area contributed by atoms with E-state index in [1.54, 1.807) is 0 Å². The summed E-state index contributed by atoms with van der Waals surface area (Å²) in [6.45, 7) is 3.17. The minimum absolute atomic E-state index is 0.0378. The smallest absolute Gasteiger partial charge is 0.357 e. The molecule has 1 saturated carbocycles. The lowest BCUT2D eigenvalue weighted by molar-refractivity contribution is -0.138.